The fourth-order valence-electron chi connectivity index (χ4n) is 2.12. The Kier molecular flexibility index (Phi) is 6.21. The first-order chi connectivity index (χ1) is 8.63. The Morgan fingerprint density at radius 1 is 1.53 bits per heavy atom. The van der Waals surface area contributed by atoms with Gasteiger partial charge in [0.15, 0.2) is 0 Å². The van der Waals surface area contributed by atoms with Crippen LogP contribution in [0.2, 0.25) is 0 Å². The van der Waals surface area contributed by atoms with Crippen LogP contribution >= 0.6 is 12.4 Å². The van der Waals surface area contributed by atoms with Gasteiger partial charge in [0, 0.05) is 31.2 Å². The van der Waals surface area contributed by atoms with Crippen molar-refractivity contribution in [2.24, 2.45) is 5.73 Å². The number of halogens is 2. The summed E-state index contributed by atoms with van der Waals surface area (Å²) in [5.41, 5.74) is 6.29. The van der Waals surface area contributed by atoms with E-state index in [0.717, 1.165) is 19.5 Å². The van der Waals surface area contributed by atoms with Gasteiger partial charge in [-0.2, -0.15) is 0 Å². The van der Waals surface area contributed by atoms with Gasteiger partial charge < -0.3 is 16.0 Å². The fourth-order valence-corrected chi connectivity index (χ4v) is 2.12. The number of amides is 1. The molecule has 0 aromatic heterocycles. The molecule has 106 valence electrons. The summed E-state index contributed by atoms with van der Waals surface area (Å²) in [6.45, 7) is 2.51. The summed E-state index contributed by atoms with van der Waals surface area (Å²) >= 11 is 0. The van der Waals surface area contributed by atoms with Crippen LogP contribution in [0, 0.1) is 5.82 Å². The highest BCUT2D eigenvalue weighted by Crippen LogP contribution is 2.10. The summed E-state index contributed by atoms with van der Waals surface area (Å²) in [6, 6.07) is 6.14. The van der Waals surface area contributed by atoms with E-state index >= 15 is 0 Å². The lowest BCUT2D eigenvalue weighted by Gasteiger charge is -2.14. The van der Waals surface area contributed by atoms with Crippen LogP contribution in [-0.4, -0.2) is 36.5 Å². The van der Waals surface area contributed by atoms with E-state index in [2.05, 4.69) is 10.2 Å². The first-order valence-corrected chi connectivity index (χ1v) is 6.17. The highest BCUT2D eigenvalue weighted by Gasteiger charge is 2.19. The summed E-state index contributed by atoms with van der Waals surface area (Å²) in [5, 5.41) is 2.68. The second kappa shape index (κ2) is 7.43. The number of benzene rings is 1. The molecule has 6 heteroatoms. The minimum Gasteiger partial charge on any atom is -0.326 e. The van der Waals surface area contributed by atoms with Gasteiger partial charge in [0.1, 0.15) is 5.82 Å². The number of rotatable bonds is 4. The monoisotopic (exact) mass is 287 g/mol. The Morgan fingerprint density at radius 3 is 2.95 bits per heavy atom. The van der Waals surface area contributed by atoms with Crippen LogP contribution in [-0.2, 0) is 4.79 Å². The highest BCUT2D eigenvalue weighted by atomic mass is 35.5. The van der Waals surface area contributed by atoms with Gasteiger partial charge in [-0.25, -0.2) is 4.39 Å². The van der Waals surface area contributed by atoms with E-state index in [9.17, 15) is 9.18 Å². The van der Waals surface area contributed by atoms with E-state index < -0.39 is 0 Å². The van der Waals surface area contributed by atoms with Crippen LogP contribution in [0.15, 0.2) is 24.3 Å². The standard InChI is InChI=1S/C13H18FN3O.ClH/c14-10-2-1-3-12(8-10)16-13(18)5-7-17-6-4-11(15)9-17;/h1-3,8,11H,4-7,9,15H2,(H,16,18);1H/t11-;/m1./s1. The van der Waals surface area contributed by atoms with E-state index in [-0.39, 0.29) is 30.2 Å². The lowest BCUT2D eigenvalue weighted by Crippen LogP contribution is -2.29. The minimum atomic E-state index is -0.349. The SMILES string of the molecule is Cl.N[C@@H]1CCN(CCC(=O)Nc2cccc(F)c2)C1. The van der Waals surface area contributed by atoms with E-state index in [1.165, 1.54) is 12.1 Å². The number of carbonyl (C=O) groups excluding carboxylic acids is 1. The lowest BCUT2D eigenvalue weighted by molar-refractivity contribution is -0.116. The van der Waals surface area contributed by atoms with E-state index in [1.807, 2.05) is 0 Å². The van der Waals surface area contributed by atoms with Crippen LogP contribution in [0.25, 0.3) is 0 Å². The van der Waals surface area contributed by atoms with Crippen LogP contribution in [0.3, 0.4) is 0 Å². The van der Waals surface area contributed by atoms with Gasteiger partial charge in [0.2, 0.25) is 5.91 Å². The van der Waals surface area contributed by atoms with Gasteiger partial charge in [0.05, 0.1) is 0 Å². The Morgan fingerprint density at radius 2 is 2.32 bits per heavy atom. The quantitative estimate of drug-likeness (QED) is 0.884. The molecule has 0 saturated carbocycles. The van der Waals surface area contributed by atoms with Crippen molar-refractivity contribution < 1.29 is 9.18 Å². The number of anilines is 1. The number of nitrogens with two attached hydrogens (primary N) is 1. The van der Waals surface area contributed by atoms with E-state index in [0.29, 0.717) is 18.7 Å². The molecule has 0 spiro atoms. The zero-order valence-corrected chi connectivity index (χ0v) is 11.5. The van der Waals surface area contributed by atoms with Gasteiger partial charge in [-0.3, -0.25) is 4.79 Å². The van der Waals surface area contributed by atoms with Crippen molar-refractivity contribution in [3.63, 3.8) is 0 Å². The van der Waals surface area contributed by atoms with Gasteiger partial charge in [-0.1, -0.05) is 6.07 Å². The van der Waals surface area contributed by atoms with Gasteiger partial charge >= 0.3 is 0 Å². The van der Waals surface area contributed by atoms with Crippen LogP contribution in [0.4, 0.5) is 10.1 Å². The third kappa shape index (κ3) is 5.14. The Bertz CT molecular complexity index is 430. The maximum Gasteiger partial charge on any atom is 0.225 e. The number of likely N-dealkylation sites (tertiary alicyclic amines) is 1. The molecule has 1 fully saturated rings. The van der Waals surface area contributed by atoms with Gasteiger partial charge in [0.25, 0.3) is 0 Å². The van der Waals surface area contributed by atoms with E-state index in [4.69, 9.17) is 5.73 Å². The topological polar surface area (TPSA) is 58.4 Å². The van der Waals surface area contributed by atoms with Crippen molar-refractivity contribution in [1.82, 2.24) is 4.90 Å². The molecule has 1 aliphatic rings. The normalized spacial score (nSPS) is 18.9. The van der Waals surface area contributed by atoms with Crippen molar-refractivity contribution in [2.75, 3.05) is 25.0 Å². The zero-order chi connectivity index (χ0) is 13.0. The molecule has 1 amide bonds. The third-order valence-corrected chi connectivity index (χ3v) is 3.07. The number of hydrogen-bond acceptors (Lipinski definition) is 3. The lowest BCUT2D eigenvalue weighted by atomic mass is 10.3. The predicted octanol–water partition coefficient (Wildman–Crippen LogP) is 1.61. The number of hydrogen-bond donors (Lipinski definition) is 2. The maximum absolute atomic E-state index is 12.9. The van der Waals surface area contributed by atoms with Crippen LogP contribution in [0.5, 0.6) is 0 Å². The molecule has 19 heavy (non-hydrogen) atoms. The second-order valence-corrected chi connectivity index (χ2v) is 4.66. The summed E-state index contributed by atoms with van der Waals surface area (Å²) in [4.78, 5) is 13.8. The zero-order valence-electron chi connectivity index (χ0n) is 10.6. The van der Waals surface area contributed by atoms with Crippen LogP contribution in [0.1, 0.15) is 12.8 Å². The van der Waals surface area contributed by atoms with Crippen molar-refractivity contribution >= 4 is 24.0 Å². The van der Waals surface area contributed by atoms with Crippen molar-refractivity contribution in [3.05, 3.63) is 30.1 Å². The van der Waals surface area contributed by atoms with Crippen molar-refractivity contribution in [2.45, 2.75) is 18.9 Å². The molecule has 1 heterocycles. The molecule has 2 rings (SSSR count). The molecule has 1 saturated heterocycles. The molecule has 3 N–H and O–H groups in total. The molecule has 0 radical (unpaired) electrons. The summed E-state index contributed by atoms with van der Waals surface area (Å²) in [7, 11) is 0. The molecular weight excluding hydrogens is 269 g/mol. The smallest absolute Gasteiger partial charge is 0.225 e. The molecule has 0 bridgehead atoms. The molecule has 1 aliphatic heterocycles. The average Bonchev–Trinajstić information content (AvgIpc) is 2.73. The van der Waals surface area contributed by atoms with E-state index in [1.54, 1.807) is 12.1 Å². The predicted molar refractivity (Wildman–Crippen MR) is 75.9 cm³/mol. The first-order valence-electron chi connectivity index (χ1n) is 6.17. The molecular formula is C13H19ClFN3O. The van der Waals surface area contributed by atoms with Gasteiger partial charge in [-0.05, 0) is 31.2 Å². The minimum absolute atomic E-state index is 0. The van der Waals surface area contributed by atoms with Crippen LogP contribution < -0.4 is 11.1 Å². The molecule has 1 aromatic rings. The number of carbonyl (C=O) groups is 1. The number of nitrogens with one attached hydrogen (secondary N) is 1. The summed E-state index contributed by atoms with van der Waals surface area (Å²) in [6.07, 6.45) is 1.40. The van der Waals surface area contributed by atoms with Crippen molar-refractivity contribution in [1.29, 1.82) is 0 Å². The fraction of sp³-hybridized carbons (Fsp3) is 0.462. The molecule has 4 nitrogen and oxygen atoms in total. The maximum atomic E-state index is 12.9. The average molecular weight is 288 g/mol. The summed E-state index contributed by atoms with van der Waals surface area (Å²) in [5.74, 6) is -0.445. The molecule has 1 aromatic carbocycles. The molecule has 0 unspecified atom stereocenters. The largest absolute Gasteiger partial charge is 0.326 e. The summed E-state index contributed by atoms with van der Waals surface area (Å²) < 4.78 is 12.9. The Hall–Kier alpha value is -1.17. The molecule has 0 aliphatic carbocycles. The Balaban J connectivity index is 0.00000180. The first kappa shape index (κ1) is 15.9. The molecule has 1 atom stereocenters. The van der Waals surface area contributed by atoms with Gasteiger partial charge in [-0.15, -0.1) is 12.4 Å². The van der Waals surface area contributed by atoms with Crippen molar-refractivity contribution in [3.8, 4) is 0 Å². The second-order valence-electron chi connectivity index (χ2n) is 4.66. The third-order valence-electron chi connectivity index (χ3n) is 3.07. The highest BCUT2D eigenvalue weighted by molar-refractivity contribution is 5.90. The Labute approximate surface area is 118 Å². The number of nitrogens with zero attached hydrogens (tertiary/aromatic N) is 1.